The minimum Gasteiger partial charge on any atom is -0.435 e. The lowest BCUT2D eigenvalue weighted by molar-refractivity contribution is 0.257. The summed E-state index contributed by atoms with van der Waals surface area (Å²) in [6.45, 7) is 4.41. The molecule has 1 aliphatic rings. The number of pyridine rings is 2. The fourth-order valence-electron chi connectivity index (χ4n) is 3.18. The molecule has 0 atom stereocenters. The van der Waals surface area contributed by atoms with Crippen LogP contribution >= 0.6 is 11.6 Å². The summed E-state index contributed by atoms with van der Waals surface area (Å²) < 4.78 is 5.88. The molecule has 6 nitrogen and oxygen atoms in total. The second-order valence-electron chi connectivity index (χ2n) is 6.61. The van der Waals surface area contributed by atoms with Crippen LogP contribution < -0.4 is 15.0 Å². The van der Waals surface area contributed by atoms with Gasteiger partial charge in [0.05, 0.1) is 11.4 Å². The maximum atomic E-state index is 12.9. The summed E-state index contributed by atoms with van der Waals surface area (Å²) >= 11 is 6.26. The van der Waals surface area contributed by atoms with Gasteiger partial charge in [-0.15, -0.1) is 0 Å². The predicted molar refractivity (Wildman–Crippen MR) is 110 cm³/mol. The molecule has 0 aliphatic carbocycles. The van der Waals surface area contributed by atoms with Crippen LogP contribution in [0.2, 0.25) is 5.02 Å². The minimum absolute atomic E-state index is 0.251. The van der Waals surface area contributed by atoms with Gasteiger partial charge in [0.2, 0.25) is 5.88 Å². The van der Waals surface area contributed by atoms with Gasteiger partial charge in [-0.1, -0.05) is 17.7 Å². The van der Waals surface area contributed by atoms with Crippen molar-refractivity contribution in [3.8, 4) is 11.6 Å². The van der Waals surface area contributed by atoms with Gasteiger partial charge in [0, 0.05) is 24.0 Å². The summed E-state index contributed by atoms with van der Waals surface area (Å²) in [5.41, 5.74) is 4.19. The Kier molecular flexibility index (Phi) is 4.88. The summed E-state index contributed by atoms with van der Waals surface area (Å²) in [5, 5.41) is 3.55. The van der Waals surface area contributed by atoms with E-state index in [0.29, 0.717) is 28.9 Å². The number of aryl methyl sites for hydroxylation is 2. The van der Waals surface area contributed by atoms with Crippen LogP contribution in [0, 0.1) is 13.8 Å². The lowest BCUT2D eigenvalue weighted by Gasteiger charge is -2.19. The molecule has 7 heteroatoms. The number of urea groups is 1. The number of hydrogen-bond donors (Lipinski definition) is 1. The Labute approximate surface area is 168 Å². The number of carbonyl (C=O) groups is 1. The smallest absolute Gasteiger partial charge is 0.326 e. The standard InChI is InChI=1S/C21H19ClN4O2/c1-13-11-15-7-10-26(18(15)12-16(13)22)21(27)25-17-5-3-9-24-20(17)28-19-6-4-8-23-14(19)2/h3-6,8-9,11-12H,7,10H2,1-2H3,(H,25,27). The lowest BCUT2D eigenvalue weighted by atomic mass is 10.1. The van der Waals surface area contributed by atoms with Crippen molar-refractivity contribution >= 4 is 29.0 Å². The summed E-state index contributed by atoms with van der Waals surface area (Å²) in [6.07, 6.45) is 4.11. The number of hydrogen-bond acceptors (Lipinski definition) is 4. The van der Waals surface area contributed by atoms with Gasteiger partial charge in [-0.25, -0.2) is 9.78 Å². The van der Waals surface area contributed by atoms with E-state index in [0.717, 1.165) is 28.9 Å². The molecule has 4 rings (SSSR count). The number of rotatable bonds is 3. The lowest BCUT2D eigenvalue weighted by Crippen LogP contribution is -2.33. The van der Waals surface area contributed by atoms with Crippen LogP contribution in [-0.2, 0) is 6.42 Å². The van der Waals surface area contributed by atoms with Crippen LogP contribution in [0.15, 0.2) is 48.8 Å². The summed E-state index contributed by atoms with van der Waals surface area (Å²) in [7, 11) is 0. The molecule has 1 N–H and O–H groups in total. The third-order valence-corrected chi connectivity index (χ3v) is 5.09. The molecule has 0 fully saturated rings. The van der Waals surface area contributed by atoms with Crippen LogP contribution in [0.25, 0.3) is 0 Å². The first-order valence-electron chi connectivity index (χ1n) is 8.95. The number of halogens is 1. The molecule has 0 saturated heterocycles. The number of aromatic nitrogens is 2. The van der Waals surface area contributed by atoms with Gasteiger partial charge in [0.15, 0.2) is 5.75 Å². The van der Waals surface area contributed by atoms with Crippen molar-refractivity contribution in [2.45, 2.75) is 20.3 Å². The molecule has 0 unspecified atom stereocenters. The number of nitrogens with one attached hydrogen (secondary N) is 1. The first-order valence-corrected chi connectivity index (χ1v) is 9.33. The first-order chi connectivity index (χ1) is 13.5. The molecule has 3 heterocycles. The maximum Gasteiger partial charge on any atom is 0.326 e. The van der Waals surface area contributed by atoms with E-state index < -0.39 is 0 Å². The SMILES string of the molecule is Cc1cc2c(cc1Cl)N(C(=O)Nc1cccnc1Oc1cccnc1C)CC2. The van der Waals surface area contributed by atoms with E-state index >= 15 is 0 Å². The Hall–Kier alpha value is -3.12. The highest BCUT2D eigenvalue weighted by molar-refractivity contribution is 6.31. The van der Waals surface area contributed by atoms with Gasteiger partial charge in [-0.05, 0) is 61.7 Å². The van der Waals surface area contributed by atoms with Gasteiger partial charge in [0.1, 0.15) is 5.69 Å². The van der Waals surface area contributed by atoms with E-state index in [1.165, 1.54) is 0 Å². The molecule has 1 aromatic carbocycles. The highest BCUT2D eigenvalue weighted by Gasteiger charge is 2.26. The average Bonchev–Trinajstić information content (AvgIpc) is 3.08. The van der Waals surface area contributed by atoms with Gasteiger partial charge >= 0.3 is 6.03 Å². The number of amides is 2. The van der Waals surface area contributed by atoms with E-state index in [-0.39, 0.29) is 6.03 Å². The summed E-state index contributed by atoms with van der Waals surface area (Å²) in [6, 6.07) is 10.7. The van der Waals surface area contributed by atoms with Crippen LogP contribution in [0.5, 0.6) is 11.6 Å². The van der Waals surface area contributed by atoms with E-state index in [1.54, 1.807) is 35.5 Å². The van der Waals surface area contributed by atoms with Crippen LogP contribution in [0.3, 0.4) is 0 Å². The molecule has 0 spiro atoms. The van der Waals surface area contributed by atoms with E-state index in [9.17, 15) is 4.79 Å². The molecule has 0 radical (unpaired) electrons. The fourth-order valence-corrected chi connectivity index (χ4v) is 3.34. The highest BCUT2D eigenvalue weighted by atomic mass is 35.5. The molecule has 3 aromatic rings. The van der Waals surface area contributed by atoms with Crippen LogP contribution in [0.1, 0.15) is 16.8 Å². The fraction of sp³-hybridized carbons (Fsp3) is 0.190. The van der Waals surface area contributed by atoms with Crippen molar-refractivity contribution in [1.29, 1.82) is 0 Å². The Bertz CT molecular complexity index is 1050. The Morgan fingerprint density at radius 1 is 1.18 bits per heavy atom. The molecule has 28 heavy (non-hydrogen) atoms. The Balaban J connectivity index is 1.57. The van der Waals surface area contributed by atoms with Crippen molar-refractivity contribution in [3.63, 3.8) is 0 Å². The largest absolute Gasteiger partial charge is 0.435 e. The predicted octanol–water partition coefficient (Wildman–Crippen LogP) is 5.13. The third kappa shape index (κ3) is 3.51. The number of fused-ring (bicyclic) bond motifs is 1. The van der Waals surface area contributed by atoms with E-state index in [2.05, 4.69) is 15.3 Å². The zero-order chi connectivity index (χ0) is 19.7. The molecular weight excluding hydrogens is 376 g/mol. The molecule has 142 valence electrons. The van der Waals surface area contributed by atoms with Gasteiger partial charge < -0.3 is 10.1 Å². The van der Waals surface area contributed by atoms with Crippen molar-refractivity contribution < 1.29 is 9.53 Å². The molecule has 0 saturated carbocycles. The highest BCUT2D eigenvalue weighted by Crippen LogP contribution is 2.34. The Morgan fingerprint density at radius 2 is 1.96 bits per heavy atom. The summed E-state index contributed by atoms with van der Waals surface area (Å²) in [4.78, 5) is 23.1. The normalized spacial score (nSPS) is 12.6. The van der Waals surface area contributed by atoms with Crippen LogP contribution in [0.4, 0.5) is 16.2 Å². The molecule has 0 bridgehead atoms. The zero-order valence-corrected chi connectivity index (χ0v) is 16.3. The van der Waals surface area contributed by atoms with Crippen molar-refractivity contribution in [1.82, 2.24) is 9.97 Å². The van der Waals surface area contributed by atoms with Crippen molar-refractivity contribution in [3.05, 3.63) is 70.6 Å². The minimum atomic E-state index is -0.251. The third-order valence-electron chi connectivity index (χ3n) is 4.68. The maximum absolute atomic E-state index is 12.9. The average molecular weight is 395 g/mol. The molecule has 2 aromatic heterocycles. The number of benzene rings is 1. The quantitative estimate of drug-likeness (QED) is 0.668. The van der Waals surface area contributed by atoms with Crippen molar-refractivity contribution in [2.24, 2.45) is 0 Å². The van der Waals surface area contributed by atoms with Gasteiger partial charge in [0.25, 0.3) is 0 Å². The van der Waals surface area contributed by atoms with Gasteiger partial charge in [-0.2, -0.15) is 0 Å². The van der Waals surface area contributed by atoms with Crippen molar-refractivity contribution in [2.75, 3.05) is 16.8 Å². The summed E-state index contributed by atoms with van der Waals surface area (Å²) in [5.74, 6) is 0.902. The Morgan fingerprint density at radius 3 is 2.79 bits per heavy atom. The number of nitrogens with zero attached hydrogens (tertiary/aromatic N) is 3. The number of carbonyl (C=O) groups excluding carboxylic acids is 1. The zero-order valence-electron chi connectivity index (χ0n) is 15.6. The second-order valence-corrected chi connectivity index (χ2v) is 7.01. The number of ether oxygens (including phenoxy) is 1. The molecule has 2 amide bonds. The monoisotopic (exact) mass is 394 g/mol. The van der Waals surface area contributed by atoms with E-state index in [4.69, 9.17) is 16.3 Å². The topological polar surface area (TPSA) is 67.4 Å². The number of anilines is 2. The van der Waals surface area contributed by atoms with E-state index in [1.807, 2.05) is 32.0 Å². The van der Waals surface area contributed by atoms with Gasteiger partial charge in [-0.3, -0.25) is 9.88 Å². The van der Waals surface area contributed by atoms with Crippen LogP contribution in [-0.4, -0.2) is 22.5 Å². The molecular formula is C21H19ClN4O2. The second kappa shape index (κ2) is 7.48. The first kappa shape index (κ1) is 18.3. The molecule has 1 aliphatic heterocycles.